The molecule has 0 N–H and O–H groups in total. The van der Waals surface area contributed by atoms with E-state index in [9.17, 15) is 0 Å². The van der Waals surface area contributed by atoms with E-state index in [4.69, 9.17) is 0 Å². The van der Waals surface area contributed by atoms with Crippen molar-refractivity contribution in [3.63, 3.8) is 0 Å². The summed E-state index contributed by atoms with van der Waals surface area (Å²) in [5.41, 5.74) is 5.02. The van der Waals surface area contributed by atoms with Crippen molar-refractivity contribution in [3.05, 3.63) is 22.8 Å². The molecule has 0 unspecified atom stereocenters. The topological polar surface area (TPSA) is 0 Å². The van der Waals surface area contributed by atoms with Crippen molar-refractivity contribution in [2.75, 3.05) is 0 Å². The quantitative estimate of drug-likeness (QED) is 0.547. The van der Waals surface area contributed by atoms with E-state index in [1.165, 1.54) is 18.4 Å². The lowest BCUT2D eigenvalue weighted by Crippen LogP contribution is -2.06. The van der Waals surface area contributed by atoms with E-state index in [-0.39, 0.29) is 0 Å². The molecule has 0 fully saturated rings. The molecule has 0 radical (unpaired) electrons. The summed E-state index contributed by atoms with van der Waals surface area (Å²) >= 11 is 0. The van der Waals surface area contributed by atoms with Gasteiger partial charge in [-0.3, -0.25) is 0 Å². The summed E-state index contributed by atoms with van der Waals surface area (Å²) in [6.45, 7) is 11.3. The van der Waals surface area contributed by atoms with Gasteiger partial charge in [-0.05, 0) is 44.6 Å². The first kappa shape index (κ1) is 9.57. The van der Waals surface area contributed by atoms with E-state index in [0.29, 0.717) is 5.41 Å². The van der Waals surface area contributed by atoms with Gasteiger partial charge in [-0.2, -0.15) is 0 Å². The fourth-order valence-corrected chi connectivity index (χ4v) is 1.79. The fourth-order valence-electron chi connectivity index (χ4n) is 1.79. The van der Waals surface area contributed by atoms with E-state index in [1.54, 1.807) is 11.1 Å². The normalized spacial score (nSPS) is 21.4. The Hall–Kier alpha value is -0.520. The van der Waals surface area contributed by atoms with Gasteiger partial charge in [0.05, 0.1) is 0 Å². The first-order valence-corrected chi connectivity index (χ1v) is 4.78. The van der Waals surface area contributed by atoms with Gasteiger partial charge in [-0.25, -0.2) is 0 Å². The Morgan fingerprint density at radius 3 is 2.25 bits per heavy atom. The highest BCUT2D eigenvalue weighted by Gasteiger charge is 2.27. The van der Waals surface area contributed by atoms with Crippen LogP contribution in [-0.4, -0.2) is 0 Å². The van der Waals surface area contributed by atoms with E-state index in [0.717, 1.165) is 0 Å². The van der Waals surface area contributed by atoms with Gasteiger partial charge in [-0.15, -0.1) is 0 Å². The number of allylic oxidation sites excluding steroid dienone is 4. The van der Waals surface area contributed by atoms with Crippen molar-refractivity contribution >= 4 is 0 Å². The van der Waals surface area contributed by atoms with E-state index in [2.05, 4.69) is 40.7 Å². The second-order valence-corrected chi connectivity index (χ2v) is 4.76. The molecule has 0 atom stereocenters. The lowest BCUT2D eigenvalue weighted by molar-refractivity contribution is 0.443. The highest BCUT2D eigenvalue weighted by Crippen LogP contribution is 2.42. The highest BCUT2D eigenvalue weighted by molar-refractivity contribution is 5.34. The average molecular weight is 164 g/mol. The standard InChI is InChI=1S/C12H20/c1-9(2)8-11-6-7-12(4,5)10(11)3/h8H,6-7H2,1-5H3. The highest BCUT2D eigenvalue weighted by atomic mass is 14.3. The summed E-state index contributed by atoms with van der Waals surface area (Å²) in [6, 6.07) is 0. The number of hydrogen-bond donors (Lipinski definition) is 0. The Balaban J connectivity index is 2.93. The molecule has 1 aliphatic rings. The minimum Gasteiger partial charge on any atom is -0.0762 e. The minimum atomic E-state index is 0.446. The Morgan fingerprint density at radius 1 is 1.33 bits per heavy atom. The SMILES string of the molecule is CC(C)=CC1=C(C)C(C)(C)CC1. The largest absolute Gasteiger partial charge is 0.0762 e. The number of hydrogen-bond acceptors (Lipinski definition) is 0. The van der Waals surface area contributed by atoms with Gasteiger partial charge in [0.15, 0.2) is 0 Å². The molecule has 0 spiro atoms. The van der Waals surface area contributed by atoms with Crippen molar-refractivity contribution in [2.24, 2.45) is 5.41 Å². The van der Waals surface area contributed by atoms with Crippen LogP contribution < -0.4 is 0 Å². The third kappa shape index (κ3) is 1.80. The molecule has 0 saturated carbocycles. The van der Waals surface area contributed by atoms with Crippen LogP contribution in [0.2, 0.25) is 0 Å². The summed E-state index contributed by atoms with van der Waals surface area (Å²) in [5, 5.41) is 0. The Bertz CT molecular complexity index is 235. The zero-order valence-electron chi connectivity index (χ0n) is 8.99. The Morgan fingerprint density at radius 2 is 1.92 bits per heavy atom. The molecule has 0 aromatic rings. The maximum absolute atomic E-state index is 2.34. The summed E-state index contributed by atoms with van der Waals surface area (Å²) < 4.78 is 0. The molecule has 12 heavy (non-hydrogen) atoms. The third-order valence-electron chi connectivity index (χ3n) is 2.98. The van der Waals surface area contributed by atoms with Gasteiger partial charge in [0.25, 0.3) is 0 Å². The van der Waals surface area contributed by atoms with Gasteiger partial charge < -0.3 is 0 Å². The molecular weight excluding hydrogens is 144 g/mol. The van der Waals surface area contributed by atoms with E-state index < -0.39 is 0 Å². The smallest absolute Gasteiger partial charge is 0.0138 e. The molecular formula is C12H20. The summed E-state index contributed by atoms with van der Waals surface area (Å²) in [7, 11) is 0. The number of rotatable bonds is 1. The Kier molecular flexibility index (Phi) is 2.46. The minimum absolute atomic E-state index is 0.446. The third-order valence-corrected chi connectivity index (χ3v) is 2.98. The van der Waals surface area contributed by atoms with Crippen molar-refractivity contribution < 1.29 is 0 Å². The van der Waals surface area contributed by atoms with Crippen LogP contribution >= 0.6 is 0 Å². The van der Waals surface area contributed by atoms with E-state index >= 15 is 0 Å². The van der Waals surface area contributed by atoms with Gasteiger partial charge in [0.2, 0.25) is 0 Å². The summed E-state index contributed by atoms with van der Waals surface area (Å²) in [4.78, 5) is 0. The molecule has 0 nitrogen and oxygen atoms in total. The molecule has 0 aliphatic heterocycles. The first-order valence-electron chi connectivity index (χ1n) is 4.78. The Labute approximate surface area is 76.4 Å². The molecule has 68 valence electrons. The van der Waals surface area contributed by atoms with Crippen LogP contribution in [0.25, 0.3) is 0 Å². The molecule has 1 aliphatic carbocycles. The predicted octanol–water partition coefficient (Wildman–Crippen LogP) is 4.09. The lowest BCUT2D eigenvalue weighted by Gasteiger charge is -2.18. The van der Waals surface area contributed by atoms with Crippen LogP contribution in [0.3, 0.4) is 0 Å². The molecule has 0 amide bonds. The molecule has 0 aromatic heterocycles. The van der Waals surface area contributed by atoms with Crippen molar-refractivity contribution in [3.8, 4) is 0 Å². The first-order chi connectivity index (χ1) is 5.43. The summed E-state index contributed by atoms with van der Waals surface area (Å²) in [6.07, 6.45) is 4.92. The molecule has 0 aromatic carbocycles. The molecule has 0 saturated heterocycles. The van der Waals surface area contributed by atoms with Crippen molar-refractivity contribution in [2.45, 2.75) is 47.5 Å². The predicted molar refractivity (Wildman–Crippen MR) is 55.1 cm³/mol. The van der Waals surface area contributed by atoms with Crippen LogP contribution in [0.5, 0.6) is 0 Å². The van der Waals surface area contributed by atoms with Crippen LogP contribution in [0, 0.1) is 5.41 Å². The maximum atomic E-state index is 2.34. The molecule has 0 bridgehead atoms. The average Bonchev–Trinajstić information content (AvgIpc) is 2.15. The van der Waals surface area contributed by atoms with Gasteiger partial charge in [0.1, 0.15) is 0 Å². The molecule has 0 heterocycles. The second kappa shape index (κ2) is 3.08. The zero-order valence-corrected chi connectivity index (χ0v) is 8.99. The molecule has 1 rings (SSSR count). The van der Waals surface area contributed by atoms with Crippen molar-refractivity contribution in [1.82, 2.24) is 0 Å². The van der Waals surface area contributed by atoms with Crippen LogP contribution in [-0.2, 0) is 0 Å². The molecule has 0 heteroatoms. The van der Waals surface area contributed by atoms with Gasteiger partial charge in [0, 0.05) is 0 Å². The van der Waals surface area contributed by atoms with Gasteiger partial charge in [-0.1, -0.05) is 31.1 Å². The monoisotopic (exact) mass is 164 g/mol. The van der Waals surface area contributed by atoms with E-state index in [1.807, 2.05) is 0 Å². The lowest BCUT2D eigenvalue weighted by atomic mass is 9.86. The van der Waals surface area contributed by atoms with Crippen molar-refractivity contribution in [1.29, 1.82) is 0 Å². The zero-order chi connectivity index (χ0) is 9.35. The van der Waals surface area contributed by atoms with Crippen LogP contribution in [0.1, 0.15) is 47.5 Å². The van der Waals surface area contributed by atoms with Gasteiger partial charge >= 0.3 is 0 Å². The van der Waals surface area contributed by atoms with Crippen LogP contribution in [0.15, 0.2) is 22.8 Å². The summed E-state index contributed by atoms with van der Waals surface area (Å²) in [5.74, 6) is 0. The van der Waals surface area contributed by atoms with Crippen LogP contribution in [0.4, 0.5) is 0 Å². The fraction of sp³-hybridized carbons (Fsp3) is 0.667. The second-order valence-electron chi connectivity index (χ2n) is 4.76. The maximum Gasteiger partial charge on any atom is -0.0138 e.